The first-order valence-electron chi connectivity index (χ1n) is 6.61. The molecule has 0 atom stereocenters. The largest absolute Gasteiger partial charge is 0.353 e. The Kier molecular flexibility index (Phi) is 3.89. The van der Waals surface area contributed by atoms with Crippen molar-refractivity contribution in [3.8, 4) is 0 Å². The predicted molar refractivity (Wildman–Crippen MR) is 70.7 cm³/mol. The summed E-state index contributed by atoms with van der Waals surface area (Å²) in [7, 11) is 4.31. The minimum Gasteiger partial charge on any atom is -0.353 e. The van der Waals surface area contributed by atoms with Crippen molar-refractivity contribution in [2.75, 3.05) is 20.6 Å². The number of rotatable bonds is 4. The fraction of sp³-hybridized carbons (Fsp3) is 0.917. The van der Waals surface area contributed by atoms with Gasteiger partial charge >= 0.3 is 0 Å². The number of hydrogen-bond acceptors (Lipinski definition) is 3. The fourth-order valence-electron chi connectivity index (χ4n) is 2.56. The molecule has 0 heterocycles. The predicted octanol–water partition coefficient (Wildman–Crippen LogP) is 0.432. The van der Waals surface area contributed by atoms with Crippen molar-refractivity contribution in [1.29, 1.82) is 0 Å². The van der Waals surface area contributed by atoms with Gasteiger partial charge in [0.1, 0.15) is 0 Å². The van der Waals surface area contributed by atoms with Gasteiger partial charge in [0.25, 0.3) is 0 Å². The molecule has 2 saturated carbocycles. The van der Waals surface area contributed by atoms with Gasteiger partial charge in [-0.2, -0.15) is 0 Å². The van der Waals surface area contributed by atoms with Crippen molar-refractivity contribution in [3.63, 3.8) is 0 Å². The van der Waals surface area contributed by atoms with Gasteiger partial charge in [0.2, 0.25) is 5.96 Å². The Labute approximate surface area is 104 Å². The van der Waals surface area contributed by atoms with Gasteiger partial charge in [-0.05, 0) is 39.8 Å². The molecule has 0 bridgehead atoms. The Balaban J connectivity index is 1.94. The Morgan fingerprint density at radius 3 is 2.47 bits per heavy atom. The molecule has 0 amide bonds. The van der Waals surface area contributed by atoms with Gasteiger partial charge in [0.05, 0.1) is 6.54 Å². The number of hydrogen-bond donors (Lipinski definition) is 3. The Morgan fingerprint density at radius 2 is 2.00 bits per heavy atom. The minimum atomic E-state index is 0.243. The lowest BCUT2D eigenvalue weighted by Crippen LogP contribution is -2.47. The number of nitrogens with two attached hydrogens (primary N) is 1. The van der Waals surface area contributed by atoms with Crippen LogP contribution in [0.5, 0.6) is 0 Å². The third-order valence-electron chi connectivity index (χ3n) is 4.07. The number of likely N-dealkylation sites (N-methyl/N-ethyl adjacent to an activating group) is 1. The SMILES string of the molecule is CN(C)C1(CN=C(NN)NC2CC2)CCCC1. The summed E-state index contributed by atoms with van der Waals surface area (Å²) < 4.78 is 0. The third kappa shape index (κ3) is 3.10. The molecule has 0 aromatic heterocycles. The van der Waals surface area contributed by atoms with E-state index < -0.39 is 0 Å². The highest BCUT2D eigenvalue weighted by molar-refractivity contribution is 5.79. The van der Waals surface area contributed by atoms with Crippen molar-refractivity contribution in [1.82, 2.24) is 15.6 Å². The first-order valence-corrected chi connectivity index (χ1v) is 6.61. The van der Waals surface area contributed by atoms with Crippen LogP contribution in [0.3, 0.4) is 0 Å². The molecule has 4 N–H and O–H groups in total. The summed E-state index contributed by atoms with van der Waals surface area (Å²) in [4.78, 5) is 6.95. The lowest BCUT2D eigenvalue weighted by atomic mass is 9.96. The van der Waals surface area contributed by atoms with Crippen LogP contribution in [-0.4, -0.2) is 43.1 Å². The maximum atomic E-state index is 5.50. The third-order valence-corrected chi connectivity index (χ3v) is 4.07. The quantitative estimate of drug-likeness (QED) is 0.288. The number of nitrogens with one attached hydrogen (secondary N) is 2. The van der Waals surface area contributed by atoms with Crippen LogP contribution in [-0.2, 0) is 0 Å². The van der Waals surface area contributed by atoms with Gasteiger partial charge < -0.3 is 10.2 Å². The van der Waals surface area contributed by atoms with E-state index in [1.165, 1.54) is 38.5 Å². The zero-order chi connectivity index (χ0) is 12.3. The molecular formula is C12H25N5. The number of nitrogens with zero attached hydrogens (tertiary/aromatic N) is 2. The van der Waals surface area contributed by atoms with Crippen LogP contribution in [0.4, 0.5) is 0 Å². The van der Waals surface area contributed by atoms with Gasteiger partial charge in [-0.25, -0.2) is 5.84 Å². The van der Waals surface area contributed by atoms with E-state index in [9.17, 15) is 0 Å². The molecule has 0 radical (unpaired) electrons. The smallest absolute Gasteiger partial charge is 0.206 e. The van der Waals surface area contributed by atoms with Gasteiger partial charge in [0.15, 0.2) is 0 Å². The molecule has 2 aliphatic rings. The second-order valence-corrected chi connectivity index (χ2v) is 5.55. The zero-order valence-electron chi connectivity index (χ0n) is 11.0. The maximum absolute atomic E-state index is 5.50. The molecule has 2 fully saturated rings. The first-order chi connectivity index (χ1) is 8.16. The second-order valence-electron chi connectivity index (χ2n) is 5.55. The van der Waals surface area contributed by atoms with Crippen molar-refractivity contribution >= 4 is 5.96 Å². The molecule has 2 rings (SSSR count). The van der Waals surface area contributed by atoms with Crippen LogP contribution in [0.15, 0.2) is 4.99 Å². The zero-order valence-corrected chi connectivity index (χ0v) is 11.0. The van der Waals surface area contributed by atoms with Gasteiger partial charge in [-0.3, -0.25) is 10.4 Å². The van der Waals surface area contributed by atoms with Crippen molar-refractivity contribution in [3.05, 3.63) is 0 Å². The van der Waals surface area contributed by atoms with Gasteiger partial charge in [0, 0.05) is 11.6 Å². The molecule has 5 nitrogen and oxygen atoms in total. The molecule has 0 aliphatic heterocycles. The molecule has 2 aliphatic carbocycles. The summed E-state index contributed by atoms with van der Waals surface area (Å²) in [5.74, 6) is 6.25. The average Bonchev–Trinajstić information content (AvgIpc) is 2.99. The van der Waals surface area contributed by atoms with E-state index in [2.05, 4.69) is 34.7 Å². The summed E-state index contributed by atoms with van der Waals surface area (Å²) in [6.45, 7) is 0.833. The highest BCUT2D eigenvalue weighted by atomic mass is 15.3. The van der Waals surface area contributed by atoms with E-state index in [0.29, 0.717) is 6.04 Å². The molecule has 0 unspecified atom stereocenters. The van der Waals surface area contributed by atoms with Crippen LogP contribution >= 0.6 is 0 Å². The van der Waals surface area contributed by atoms with Gasteiger partial charge in [-0.15, -0.1) is 0 Å². The molecule has 0 saturated heterocycles. The Morgan fingerprint density at radius 1 is 1.35 bits per heavy atom. The molecule has 98 valence electrons. The summed E-state index contributed by atoms with van der Waals surface area (Å²) in [6, 6.07) is 0.587. The molecular weight excluding hydrogens is 214 g/mol. The van der Waals surface area contributed by atoms with E-state index in [4.69, 9.17) is 5.84 Å². The van der Waals surface area contributed by atoms with Crippen LogP contribution in [0, 0.1) is 0 Å². The minimum absolute atomic E-state index is 0.243. The van der Waals surface area contributed by atoms with Crippen molar-refractivity contribution in [2.45, 2.75) is 50.1 Å². The van der Waals surface area contributed by atoms with E-state index in [1.807, 2.05) is 0 Å². The highest BCUT2D eigenvalue weighted by Gasteiger charge is 2.35. The summed E-state index contributed by atoms with van der Waals surface area (Å²) >= 11 is 0. The molecule has 0 aromatic carbocycles. The Hall–Kier alpha value is -0.810. The number of guanidine groups is 1. The summed E-state index contributed by atoms with van der Waals surface area (Å²) in [5, 5.41) is 3.32. The number of aliphatic imine (C=N–C) groups is 1. The van der Waals surface area contributed by atoms with Crippen molar-refractivity contribution < 1.29 is 0 Å². The number of hydrazine groups is 1. The summed E-state index contributed by atoms with van der Waals surface area (Å²) in [5.41, 5.74) is 2.92. The lowest BCUT2D eigenvalue weighted by molar-refractivity contribution is 0.167. The van der Waals surface area contributed by atoms with Crippen LogP contribution in [0.2, 0.25) is 0 Å². The molecule has 0 spiro atoms. The molecule has 0 aromatic rings. The Bertz CT molecular complexity index is 277. The normalized spacial score (nSPS) is 24.1. The average molecular weight is 239 g/mol. The van der Waals surface area contributed by atoms with E-state index in [1.54, 1.807) is 0 Å². The van der Waals surface area contributed by atoms with Crippen LogP contribution in [0.1, 0.15) is 38.5 Å². The van der Waals surface area contributed by atoms with Crippen LogP contribution < -0.4 is 16.6 Å². The fourth-order valence-corrected chi connectivity index (χ4v) is 2.56. The van der Waals surface area contributed by atoms with Gasteiger partial charge in [-0.1, -0.05) is 12.8 Å². The monoisotopic (exact) mass is 239 g/mol. The topological polar surface area (TPSA) is 65.7 Å². The lowest BCUT2D eigenvalue weighted by Gasteiger charge is -2.35. The standard InChI is InChI=1S/C12H25N5/c1-17(2)12(7-3-4-8-12)9-14-11(16-13)15-10-5-6-10/h10H,3-9,13H2,1-2H3,(H2,14,15,16). The molecule has 5 heteroatoms. The van der Waals surface area contributed by atoms with E-state index in [-0.39, 0.29) is 5.54 Å². The van der Waals surface area contributed by atoms with Crippen molar-refractivity contribution in [2.24, 2.45) is 10.8 Å². The summed E-state index contributed by atoms with van der Waals surface area (Å²) in [6.07, 6.45) is 7.58. The molecule has 17 heavy (non-hydrogen) atoms. The van der Waals surface area contributed by atoms with E-state index >= 15 is 0 Å². The first kappa shape index (κ1) is 12.6. The highest BCUT2D eigenvalue weighted by Crippen LogP contribution is 2.33. The van der Waals surface area contributed by atoms with Crippen LogP contribution in [0.25, 0.3) is 0 Å². The second kappa shape index (κ2) is 5.23. The van der Waals surface area contributed by atoms with E-state index in [0.717, 1.165) is 12.5 Å². The maximum Gasteiger partial charge on any atom is 0.206 e.